The van der Waals surface area contributed by atoms with E-state index in [1.54, 1.807) is 0 Å². The van der Waals surface area contributed by atoms with Gasteiger partial charge in [-0.15, -0.1) is 11.6 Å². The molecule has 0 radical (unpaired) electrons. The average Bonchev–Trinajstić information content (AvgIpc) is 2.74. The van der Waals surface area contributed by atoms with E-state index in [1.807, 2.05) is 0 Å². The van der Waals surface area contributed by atoms with Crippen LogP contribution in [0.3, 0.4) is 0 Å². The van der Waals surface area contributed by atoms with E-state index in [2.05, 4.69) is 18.7 Å². The smallest absolute Gasteiger partial charge is 0.182 e. The van der Waals surface area contributed by atoms with E-state index in [0.717, 1.165) is 19.5 Å². The quantitative estimate of drug-likeness (QED) is 0.657. The molecule has 1 spiro atoms. The molecule has 0 saturated carbocycles. The molecule has 0 amide bonds. The summed E-state index contributed by atoms with van der Waals surface area (Å²) in [6.45, 7) is 7.00. The lowest BCUT2D eigenvalue weighted by atomic mass is 10.2. The van der Waals surface area contributed by atoms with Crippen molar-refractivity contribution < 1.29 is 9.47 Å². The van der Waals surface area contributed by atoms with Crippen LogP contribution in [0.15, 0.2) is 0 Å². The van der Waals surface area contributed by atoms with Crippen LogP contribution in [0.25, 0.3) is 0 Å². The lowest BCUT2D eigenvalue weighted by Gasteiger charge is -2.25. The Morgan fingerprint density at radius 2 is 2.36 bits per heavy atom. The Hall–Kier alpha value is 0.170. The fourth-order valence-corrected chi connectivity index (χ4v) is 2.28. The van der Waals surface area contributed by atoms with E-state index in [1.165, 1.54) is 0 Å². The largest absolute Gasteiger partial charge is 0.346 e. The highest BCUT2D eigenvalue weighted by molar-refractivity contribution is 6.18. The van der Waals surface area contributed by atoms with Crippen molar-refractivity contribution in [1.82, 2.24) is 4.90 Å². The molecule has 2 fully saturated rings. The minimum absolute atomic E-state index is 0.0868. The summed E-state index contributed by atoms with van der Waals surface area (Å²) >= 11 is 5.75. The van der Waals surface area contributed by atoms with Crippen molar-refractivity contribution in [3.05, 3.63) is 0 Å². The fourth-order valence-electron chi connectivity index (χ4n) is 2.13. The molecule has 2 aliphatic rings. The third-order valence-corrected chi connectivity index (χ3v) is 3.38. The third-order valence-electron chi connectivity index (χ3n) is 3.04. The summed E-state index contributed by atoms with van der Waals surface area (Å²) in [5.41, 5.74) is 0. The molecule has 82 valence electrons. The number of nitrogens with zero attached hydrogens (tertiary/aromatic N) is 1. The first kappa shape index (κ1) is 10.7. The minimum Gasteiger partial charge on any atom is -0.346 e. The molecular formula is C10H18ClNO2. The van der Waals surface area contributed by atoms with Crippen molar-refractivity contribution >= 4 is 11.6 Å². The third kappa shape index (κ3) is 1.91. The van der Waals surface area contributed by atoms with E-state index in [0.29, 0.717) is 18.5 Å². The monoisotopic (exact) mass is 219 g/mol. The molecule has 3 nitrogen and oxygen atoms in total. The highest BCUT2D eigenvalue weighted by atomic mass is 35.5. The molecule has 2 rings (SSSR count). The number of hydrogen-bond acceptors (Lipinski definition) is 3. The normalized spacial score (nSPS) is 39.0. The zero-order chi connectivity index (χ0) is 10.2. The van der Waals surface area contributed by atoms with Crippen molar-refractivity contribution in [2.45, 2.75) is 38.2 Å². The summed E-state index contributed by atoms with van der Waals surface area (Å²) in [4.78, 5) is 2.39. The standard InChI is InChI=1S/C10H18ClNO2/c1-8(2)12-4-3-10(7-12)13-6-9(5-11)14-10/h8-9H,3-7H2,1-2H3. The Morgan fingerprint density at radius 1 is 1.57 bits per heavy atom. The van der Waals surface area contributed by atoms with E-state index >= 15 is 0 Å². The van der Waals surface area contributed by atoms with Gasteiger partial charge in [-0.1, -0.05) is 0 Å². The van der Waals surface area contributed by atoms with Gasteiger partial charge in [-0.05, 0) is 13.8 Å². The van der Waals surface area contributed by atoms with Gasteiger partial charge in [0.2, 0.25) is 0 Å². The summed E-state index contributed by atoms with van der Waals surface area (Å²) in [7, 11) is 0. The molecule has 2 saturated heterocycles. The van der Waals surface area contributed by atoms with Gasteiger partial charge in [0.15, 0.2) is 5.79 Å². The van der Waals surface area contributed by atoms with Gasteiger partial charge >= 0.3 is 0 Å². The molecule has 14 heavy (non-hydrogen) atoms. The predicted molar refractivity (Wildman–Crippen MR) is 55.6 cm³/mol. The second-order valence-corrected chi connectivity index (χ2v) is 4.74. The van der Waals surface area contributed by atoms with Gasteiger partial charge < -0.3 is 9.47 Å². The van der Waals surface area contributed by atoms with Gasteiger partial charge in [-0.3, -0.25) is 4.90 Å². The van der Waals surface area contributed by atoms with E-state index in [4.69, 9.17) is 21.1 Å². The van der Waals surface area contributed by atoms with Crippen molar-refractivity contribution in [2.75, 3.05) is 25.6 Å². The lowest BCUT2D eigenvalue weighted by molar-refractivity contribution is -0.155. The lowest BCUT2D eigenvalue weighted by Crippen LogP contribution is -2.37. The van der Waals surface area contributed by atoms with Gasteiger partial charge in [0.25, 0.3) is 0 Å². The number of rotatable bonds is 2. The van der Waals surface area contributed by atoms with Crippen LogP contribution in [0, 0.1) is 0 Å². The van der Waals surface area contributed by atoms with Crippen molar-refractivity contribution in [3.63, 3.8) is 0 Å². The molecule has 0 aliphatic carbocycles. The molecule has 4 heteroatoms. The summed E-state index contributed by atoms with van der Waals surface area (Å²) in [5, 5.41) is 0. The minimum atomic E-state index is -0.343. The molecule has 2 aliphatic heterocycles. The summed E-state index contributed by atoms with van der Waals surface area (Å²) in [5.74, 6) is 0.188. The first-order valence-corrected chi connectivity index (χ1v) is 5.80. The Balaban J connectivity index is 1.94. The molecule has 0 aromatic rings. The number of ether oxygens (including phenoxy) is 2. The molecule has 2 heterocycles. The van der Waals surface area contributed by atoms with Crippen LogP contribution in [0.1, 0.15) is 20.3 Å². The topological polar surface area (TPSA) is 21.7 Å². The first-order chi connectivity index (χ1) is 6.65. The Labute approximate surface area is 90.3 Å². The van der Waals surface area contributed by atoms with Gasteiger partial charge in [0.05, 0.1) is 25.1 Å². The molecule has 2 atom stereocenters. The Kier molecular flexibility index (Phi) is 3.03. The van der Waals surface area contributed by atoms with Gasteiger partial charge in [-0.2, -0.15) is 0 Å². The number of alkyl halides is 1. The molecule has 0 aromatic carbocycles. The zero-order valence-electron chi connectivity index (χ0n) is 8.83. The van der Waals surface area contributed by atoms with Crippen LogP contribution in [0.4, 0.5) is 0 Å². The van der Waals surface area contributed by atoms with Crippen LogP contribution < -0.4 is 0 Å². The van der Waals surface area contributed by atoms with E-state index in [9.17, 15) is 0 Å². The Morgan fingerprint density at radius 3 is 2.86 bits per heavy atom. The average molecular weight is 220 g/mol. The summed E-state index contributed by atoms with van der Waals surface area (Å²) in [6, 6.07) is 0.566. The second kappa shape index (κ2) is 3.97. The molecular weight excluding hydrogens is 202 g/mol. The van der Waals surface area contributed by atoms with Crippen LogP contribution in [0.2, 0.25) is 0 Å². The summed E-state index contributed by atoms with van der Waals surface area (Å²) in [6.07, 6.45) is 1.06. The maximum absolute atomic E-state index is 5.84. The SMILES string of the molecule is CC(C)N1CCC2(C1)OCC(CCl)O2. The van der Waals surface area contributed by atoms with Crippen LogP contribution in [-0.2, 0) is 9.47 Å². The molecule has 0 bridgehead atoms. The maximum Gasteiger partial charge on any atom is 0.182 e. The van der Waals surface area contributed by atoms with Gasteiger partial charge in [-0.25, -0.2) is 0 Å². The number of hydrogen-bond donors (Lipinski definition) is 0. The highest BCUT2D eigenvalue weighted by Crippen LogP contribution is 2.34. The second-order valence-electron chi connectivity index (χ2n) is 4.43. The molecule has 2 unspecified atom stereocenters. The molecule has 0 aromatic heterocycles. The fraction of sp³-hybridized carbons (Fsp3) is 1.00. The summed E-state index contributed by atoms with van der Waals surface area (Å²) < 4.78 is 11.6. The van der Waals surface area contributed by atoms with E-state index < -0.39 is 0 Å². The van der Waals surface area contributed by atoms with Crippen molar-refractivity contribution in [1.29, 1.82) is 0 Å². The Bertz CT molecular complexity index is 212. The first-order valence-electron chi connectivity index (χ1n) is 5.27. The van der Waals surface area contributed by atoms with E-state index in [-0.39, 0.29) is 11.9 Å². The van der Waals surface area contributed by atoms with Crippen molar-refractivity contribution in [2.24, 2.45) is 0 Å². The molecule has 0 N–H and O–H groups in total. The number of likely N-dealkylation sites (tertiary alicyclic amines) is 1. The zero-order valence-corrected chi connectivity index (χ0v) is 9.59. The van der Waals surface area contributed by atoms with Crippen LogP contribution >= 0.6 is 11.6 Å². The number of halogens is 1. The highest BCUT2D eigenvalue weighted by Gasteiger charge is 2.46. The van der Waals surface area contributed by atoms with Crippen LogP contribution in [0.5, 0.6) is 0 Å². The maximum atomic E-state index is 5.84. The van der Waals surface area contributed by atoms with Crippen molar-refractivity contribution in [3.8, 4) is 0 Å². The van der Waals surface area contributed by atoms with Crippen LogP contribution in [-0.4, -0.2) is 48.4 Å². The van der Waals surface area contributed by atoms with Gasteiger partial charge in [0, 0.05) is 19.0 Å². The van der Waals surface area contributed by atoms with Gasteiger partial charge in [0.1, 0.15) is 0 Å². The predicted octanol–water partition coefficient (Wildman–Crippen LogP) is 1.45.